The summed E-state index contributed by atoms with van der Waals surface area (Å²) in [6.45, 7) is 21.3. The van der Waals surface area contributed by atoms with E-state index in [2.05, 4.69) is 19.9 Å². The molecule has 7 heteroatoms. The molecule has 41 heavy (non-hydrogen) atoms. The number of methoxy groups -OCH3 is 1. The fraction of sp³-hybridized carbons (Fsp3) is 0.618. The maximum Gasteiger partial charge on any atom is 0.210 e. The molecule has 0 spiro atoms. The van der Waals surface area contributed by atoms with Crippen molar-refractivity contribution in [3.05, 3.63) is 64.5 Å². The molecule has 234 valence electrons. The van der Waals surface area contributed by atoms with E-state index in [1.807, 2.05) is 61.5 Å². The molecule has 0 saturated carbocycles. The highest BCUT2D eigenvalue weighted by atomic mass is 19.1. The Bertz CT molecular complexity index is 981. The Balaban J connectivity index is 0.000000635. The topological polar surface area (TPSA) is 48.0 Å². The van der Waals surface area contributed by atoms with Crippen LogP contribution in [0.4, 0.5) is 8.78 Å². The Morgan fingerprint density at radius 1 is 1.15 bits per heavy atom. The molecule has 2 aliphatic rings. The van der Waals surface area contributed by atoms with E-state index in [1.54, 1.807) is 18.1 Å². The number of allylic oxidation sites excluding steroid dienone is 2. The molecule has 3 rings (SSSR count). The first kappa shape index (κ1) is 38.5. The molecule has 0 N–H and O–H groups in total. The van der Waals surface area contributed by atoms with E-state index < -0.39 is 17.4 Å². The molecule has 2 unspecified atom stereocenters. The second kappa shape index (κ2) is 20.4. The Morgan fingerprint density at radius 3 is 2.24 bits per heavy atom. The molecule has 0 radical (unpaired) electrons. The number of rotatable bonds is 10. The predicted molar refractivity (Wildman–Crippen MR) is 166 cm³/mol. The molecule has 5 nitrogen and oxygen atoms in total. The second-order valence-electron chi connectivity index (χ2n) is 11.0. The van der Waals surface area contributed by atoms with Crippen LogP contribution in [0.3, 0.4) is 0 Å². The number of benzene rings is 1. The highest BCUT2D eigenvalue weighted by Crippen LogP contribution is 2.36. The van der Waals surface area contributed by atoms with Gasteiger partial charge in [0.15, 0.2) is 0 Å². The molecular weight excluding hydrogens is 524 g/mol. The van der Waals surface area contributed by atoms with Gasteiger partial charge in [0.05, 0.1) is 0 Å². The Labute approximate surface area is 248 Å². The lowest BCUT2D eigenvalue weighted by atomic mass is 10.0. The zero-order valence-corrected chi connectivity index (χ0v) is 27.4. The van der Waals surface area contributed by atoms with Crippen LogP contribution < -0.4 is 0 Å². The maximum atomic E-state index is 13.5. The van der Waals surface area contributed by atoms with E-state index >= 15 is 0 Å². The zero-order valence-electron chi connectivity index (χ0n) is 27.4. The number of amides is 1. The van der Waals surface area contributed by atoms with Crippen molar-refractivity contribution >= 4 is 12.5 Å². The van der Waals surface area contributed by atoms with Crippen molar-refractivity contribution in [1.82, 2.24) is 4.90 Å². The first-order chi connectivity index (χ1) is 19.3. The molecule has 1 heterocycles. The van der Waals surface area contributed by atoms with Crippen molar-refractivity contribution in [2.45, 2.75) is 113 Å². The van der Waals surface area contributed by atoms with Crippen molar-refractivity contribution in [2.75, 3.05) is 20.2 Å². The fourth-order valence-corrected chi connectivity index (χ4v) is 4.24. The summed E-state index contributed by atoms with van der Waals surface area (Å²) in [5.41, 5.74) is 2.33. The number of carbonyl (C=O) groups excluding carboxylic acids is 1. The summed E-state index contributed by atoms with van der Waals surface area (Å²) in [5, 5.41) is 0. The van der Waals surface area contributed by atoms with E-state index in [1.165, 1.54) is 37.8 Å². The molecule has 1 aliphatic heterocycles. The number of unbranched alkanes of at least 4 members (excludes halogenated alkanes) is 3. The van der Waals surface area contributed by atoms with Gasteiger partial charge in [-0.3, -0.25) is 4.79 Å². The van der Waals surface area contributed by atoms with Crippen LogP contribution in [0.1, 0.15) is 100 Å². The van der Waals surface area contributed by atoms with Gasteiger partial charge in [0, 0.05) is 45.7 Å². The minimum atomic E-state index is -0.596. The smallest absolute Gasteiger partial charge is 0.210 e. The van der Waals surface area contributed by atoms with Crippen LogP contribution in [-0.4, -0.2) is 49.5 Å². The molecule has 1 aromatic carbocycles. The summed E-state index contributed by atoms with van der Waals surface area (Å²) in [5.74, 6) is -0.476. The van der Waals surface area contributed by atoms with Crippen molar-refractivity contribution in [2.24, 2.45) is 5.92 Å². The summed E-state index contributed by atoms with van der Waals surface area (Å²) in [6, 6.07) is 3.46. The van der Waals surface area contributed by atoms with E-state index in [0.29, 0.717) is 24.6 Å². The predicted octanol–water partition coefficient (Wildman–Crippen LogP) is 9.09. The van der Waals surface area contributed by atoms with Gasteiger partial charge in [0.2, 0.25) is 12.2 Å². The maximum absolute atomic E-state index is 13.5. The number of nitrogens with zero attached hydrogens (tertiary/aromatic N) is 1. The van der Waals surface area contributed by atoms with E-state index in [9.17, 15) is 13.6 Å². The normalized spacial score (nSPS) is 18.6. The van der Waals surface area contributed by atoms with E-state index in [-0.39, 0.29) is 12.2 Å². The highest BCUT2D eigenvalue weighted by molar-refractivity contribution is 5.55. The highest BCUT2D eigenvalue weighted by Gasteiger charge is 2.43. The second-order valence-corrected chi connectivity index (χ2v) is 11.0. The summed E-state index contributed by atoms with van der Waals surface area (Å²) in [7, 11) is 1.69. The average molecular weight is 580 g/mol. The quantitative estimate of drug-likeness (QED) is 0.205. The molecular formula is C34H55F2NO4. The lowest BCUT2D eigenvalue weighted by Gasteiger charge is -2.22. The third-order valence-electron chi connectivity index (χ3n) is 5.95. The van der Waals surface area contributed by atoms with Crippen LogP contribution in [0.25, 0.3) is 6.08 Å². The molecule has 1 saturated heterocycles. The van der Waals surface area contributed by atoms with E-state index in [4.69, 9.17) is 14.2 Å². The van der Waals surface area contributed by atoms with Crippen molar-refractivity contribution in [3.8, 4) is 0 Å². The van der Waals surface area contributed by atoms with Crippen molar-refractivity contribution in [1.29, 1.82) is 0 Å². The van der Waals surface area contributed by atoms with E-state index in [0.717, 1.165) is 29.4 Å². The van der Waals surface area contributed by atoms with Gasteiger partial charge < -0.3 is 19.1 Å². The van der Waals surface area contributed by atoms with Gasteiger partial charge in [-0.2, -0.15) is 0 Å². The standard InChI is InChI=1S/C15H19F2NO.C11H16O3.C6H14.C2H6/c1-11(2)8-18(10-19)9-12(3)6-13-4-5-14(16)7-15(13)17;1-7-5-8(12-4)10-9(6-7)13-11(2,3)14-10;1-3-5-6-4-2;1-2/h4-7,10-11H,8-9H2,1-3H3;5-6,8,10H,1-4H3;3-6H2,1-2H3;1-2H3/b12-6+;;;. The van der Waals surface area contributed by atoms with Crippen LogP contribution in [0.15, 0.2) is 47.3 Å². The zero-order chi connectivity index (χ0) is 31.6. The minimum Gasteiger partial charge on any atom is -0.464 e. The molecule has 1 amide bonds. The first-order valence-electron chi connectivity index (χ1n) is 15.0. The largest absolute Gasteiger partial charge is 0.464 e. The number of fused-ring (bicyclic) bond motifs is 1. The van der Waals surface area contributed by atoms with Gasteiger partial charge >= 0.3 is 0 Å². The molecule has 1 fully saturated rings. The third-order valence-corrected chi connectivity index (χ3v) is 5.95. The summed E-state index contributed by atoms with van der Waals surface area (Å²) in [6.07, 6.45) is 11.9. The van der Waals surface area contributed by atoms with Crippen LogP contribution in [0.5, 0.6) is 0 Å². The lowest BCUT2D eigenvalue weighted by molar-refractivity contribution is -0.146. The van der Waals surface area contributed by atoms with Crippen LogP contribution in [0.2, 0.25) is 0 Å². The fourth-order valence-electron chi connectivity index (χ4n) is 4.24. The summed E-state index contributed by atoms with van der Waals surface area (Å²) in [4.78, 5) is 12.6. The SMILES string of the molecule is C/C(=C\c1ccc(F)cc1F)CN(C=O)CC(C)C.CC.CCCCCC.COC1C=C(C)C=C2OC(C)(C)OC21. The van der Waals surface area contributed by atoms with Crippen LogP contribution in [0, 0.1) is 17.6 Å². The van der Waals surface area contributed by atoms with Crippen molar-refractivity contribution < 1.29 is 27.8 Å². The Hall–Kier alpha value is -2.51. The molecule has 2 atom stereocenters. The number of carbonyl (C=O) groups is 1. The van der Waals surface area contributed by atoms with Gasteiger partial charge in [0.25, 0.3) is 0 Å². The minimum absolute atomic E-state index is 0.0308. The van der Waals surface area contributed by atoms with Crippen molar-refractivity contribution in [3.63, 3.8) is 0 Å². The van der Waals surface area contributed by atoms with Gasteiger partial charge in [-0.15, -0.1) is 0 Å². The molecule has 1 aromatic rings. The van der Waals surface area contributed by atoms with Crippen LogP contribution >= 0.6 is 0 Å². The number of hydrogen-bond acceptors (Lipinski definition) is 4. The third kappa shape index (κ3) is 15.3. The molecule has 1 aliphatic carbocycles. The van der Waals surface area contributed by atoms with Gasteiger partial charge in [-0.05, 0) is 49.6 Å². The number of hydrogen-bond donors (Lipinski definition) is 0. The molecule has 0 aromatic heterocycles. The number of halogens is 2. The van der Waals surface area contributed by atoms with Gasteiger partial charge in [-0.1, -0.05) is 78.9 Å². The summed E-state index contributed by atoms with van der Waals surface area (Å²) < 4.78 is 43.0. The Kier molecular flexibility index (Phi) is 19.1. The summed E-state index contributed by atoms with van der Waals surface area (Å²) >= 11 is 0. The van der Waals surface area contributed by atoms with Gasteiger partial charge in [-0.25, -0.2) is 8.78 Å². The average Bonchev–Trinajstić information content (AvgIpc) is 3.23. The number of ether oxygens (including phenoxy) is 3. The Morgan fingerprint density at radius 2 is 1.76 bits per heavy atom. The first-order valence-corrected chi connectivity index (χ1v) is 15.0. The van der Waals surface area contributed by atoms with Crippen LogP contribution in [-0.2, 0) is 19.0 Å². The lowest BCUT2D eigenvalue weighted by Crippen LogP contribution is -2.31. The monoisotopic (exact) mass is 579 g/mol. The molecule has 0 bridgehead atoms. The van der Waals surface area contributed by atoms with Gasteiger partial charge in [0.1, 0.15) is 29.6 Å².